The molecule has 0 aliphatic carbocycles. The van der Waals surface area contributed by atoms with Gasteiger partial charge in [-0.05, 0) is 32.4 Å². The van der Waals surface area contributed by atoms with Crippen LogP contribution in [0.4, 0.5) is 5.69 Å². The van der Waals surface area contributed by atoms with E-state index in [2.05, 4.69) is 10.3 Å². The zero-order valence-corrected chi connectivity index (χ0v) is 9.74. The molecule has 84 valence electrons. The summed E-state index contributed by atoms with van der Waals surface area (Å²) < 4.78 is 0. The monoisotopic (exact) mass is 217 g/mol. The van der Waals surface area contributed by atoms with Gasteiger partial charge in [0.1, 0.15) is 5.41 Å². The van der Waals surface area contributed by atoms with Crippen molar-refractivity contribution in [2.75, 3.05) is 5.32 Å². The number of hydrogen-bond acceptors (Lipinski definition) is 3. The van der Waals surface area contributed by atoms with Crippen LogP contribution in [-0.2, 0) is 4.79 Å². The van der Waals surface area contributed by atoms with Crippen molar-refractivity contribution in [1.82, 2.24) is 4.98 Å². The van der Waals surface area contributed by atoms with Crippen LogP contribution in [0.25, 0.3) is 0 Å². The zero-order valence-electron chi connectivity index (χ0n) is 9.74. The van der Waals surface area contributed by atoms with E-state index in [1.54, 1.807) is 19.2 Å². The van der Waals surface area contributed by atoms with Crippen molar-refractivity contribution < 1.29 is 4.79 Å². The Bertz CT molecular complexity index is 419. The van der Waals surface area contributed by atoms with Crippen molar-refractivity contribution in [3.05, 3.63) is 24.0 Å². The molecule has 0 fully saturated rings. The molecule has 1 heterocycles. The Morgan fingerprint density at radius 3 is 2.75 bits per heavy atom. The van der Waals surface area contributed by atoms with Crippen molar-refractivity contribution >= 4 is 11.6 Å². The first-order chi connectivity index (χ1) is 7.51. The number of hydrogen-bond donors (Lipinski definition) is 1. The third-order valence-electron chi connectivity index (χ3n) is 2.62. The minimum absolute atomic E-state index is 0.289. The largest absolute Gasteiger partial charge is 0.323 e. The molecule has 1 amide bonds. The molecule has 0 saturated heterocycles. The molecule has 0 aromatic carbocycles. The smallest absolute Gasteiger partial charge is 0.244 e. The van der Waals surface area contributed by atoms with Gasteiger partial charge in [-0.15, -0.1) is 0 Å². The van der Waals surface area contributed by atoms with Crippen LogP contribution in [0.5, 0.6) is 0 Å². The van der Waals surface area contributed by atoms with Gasteiger partial charge in [-0.1, -0.05) is 6.92 Å². The number of rotatable bonds is 3. The molecule has 0 saturated carbocycles. The fraction of sp³-hybridized carbons (Fsp3) is 0.417. The molecule has 4 nitrogen and oxygen atoms in total. The molecule has 0 bridgehead atoms. The minimum Gasteiger partial charge on any atom is -0.323 e. The van der Waals surface area contributed by atoms with Crippen molar-refractivity contribution in [2.24, 2.45) is 5.41 Å². The Kier molecular flexibility index (Phi) is 3.62. The van der Waals surface area contributed by atoms with Gasteiger partial charge in [-0.2, -0.15) is 5.26 Å². The van der Waals surface area contributed by atoms with E-state index in [-0.39, 0.29) is 5.91 Å². The van der Waals surface area contributed by atoms with E-state index in [9.17, 15) is 4.79 Å². The first-order valence-corrected chi connectivity index (χ1v) is 5.17. The van der Waals surface area contributed by atoms with Crippen molar-refractivity contribution in [1.29, 1.82) is 5.26 Å². The van der Waals surface area contributed by atoms with E-state index in [1.807, 2.05) is 26.0 Å². The highest BCUT2D eigenvalue weighted by atomic mass is 16.2. The van der Waals surface area contributed by atoms with Crippen molar-refractivity contribution in [2.45, 2.75) is 27.2 Å². The van der Waals surface area contributed by atoms with Crippen LogP contribution in [0.1, 0.15) is 26.0 Å². The van der Waals surface area contributed by atoms with E-state index >= 15 is 0 Å². The Hall–Kier alpha value is -1.89. The molecule has 1 rings (SSSR count). The van der Waals surface area contributed by atoms with Crippen LogP contribution in [0, 0.1) is 23.7 Å². The summed E-state index contributed by atoms with van der Waals surface area (Å²) in [7, 11) is 0. The summed E-state index contributed by atoms with van der Waals surface area (Å²) in [6.45, 7) is 5.32. The third kappa shape index (κ3) is 2.57. The van der Waals surface area contributed by atoms with E-state index in [0.717, 1.165) is 5.69 Å². The molecule has 1 atom stereocenters. The number of pyridine rings is 1. The second-order valence-electron chi connectivity index (χ2n) is 3.94. The number of carbonyl (C=O) groups excluding carboxylic acids is 1. The highest BCUT2D eigenvalue weighted by Crippen LogP contribution is 2.22. The number of carbonyl (C=O) groups is 1. The normalized spacial score (nSPS) is 13.6. The number of aryl methyl sites for hydroxylation is 1. The Labute approximate surface area is 95.3 Å². The van der Waals surface area contributed by atoms with Crippen LogP contribution >= 0.6 is 0 Å². The predicted molar refractivity (Wildman–Crippen MR) is 61.6 cm³/mol. The van der Waals surface area contributed by atoms with E-state index < -0.39 is 5.41 Å². The number of amides is 1. The lowest BCUT2D eigenvalue weighted by Crippen LogP contribution is -2.31. The van der Waals surface area contributed by atoms with Gasteiger partial charge in [0.15, 0.2) is 0 Å². The molecular weight excluding hydrogens is 202 g/mol. The van der Waals surface area contributed by atoms with E-state index in [0.29, 0.717) is 12.1 Å². The van der Waals surface area contributed by atoms with Crippen LogP contribution in [0.15, 0.2) is 18.3 Å². The van der Waals surface area contributed by atoms with Crippen LogP contribution in [-0.4, -0.2) is 10.9 Å². The summed E-state index contributed by atoms with van der Waals surface area (Å²) in [5.74, 6) is -0.289. The zero-order chi connectivity index (χ0) is 12.2. The number of nitriles is 1. The maximum absolute atomic E-state index is 11.8. The van der Waals surface area contributed by atoms with Crippen molar-refractivity contribution in [3.8, 4) is 6.07 Å². The molecule has 0 radical (unpaired) electrons. The Balaban J connectivity index is 2.79. The topological polar surface area (TPSA) is 65.8 Å². The highest BCUT2D eigenvalue weighted by Gasteiger charge is 2.31. The fourth-order valence-electron chi connectivity index (χ4n) is 1.10. The molecule has 1 aromatic heterocycles. The maximum Gasteiger partial charge on any atom is 0.244 e. The summed E-state index contributed by atoms with van der Waals surface area (Å²) in [5, 5.41) is 11.6. The molecule has 1 unspecified atom stereocenters. The summed E-state index contributed by atoms with van der Waals surface area (Å²) in [6, 6.07) is 5.61. The maximum atomic E-state index is 11.8. The third-order valence-corrected chi connectivity index (χ3v) is 2.62. The first-order valence-electron chi connectivity index (χ1n) is 5.17. The second-order valence-corrected chi connectivity index (χ2v) is 3.94. The van der Waals surface area contributed by atoms with E-state index in [1.165, 1.54) is 0 Å². The average molecular weight is 217 g/mol. The molecule has 0 aliphatic rings. The summed E-state index contributed by atoms with van der Waals surface area (Å²) in [4.78, 5) is 15.9. The lowest BCUT2D eigenvalue weighted by Gasteiger charge is -2.18. The molecule has 16 heavy (non-hydrogen) atoms. The van der Waals surface area contributed by atoms with Gasteiger partial charge >= 0.3 is 0 Å². The number of aromatic nitrogens is 1. The van der Waals surface area contributed by atoms with Crippen LogP contribution in [0.2, 0.25) is 0 Å². The van der Waals surface area contributed by atoms with Gasteiger partial charge in [0.2, 0.25) is 5.91 Å². The van der Waals surface area contributed by atoms with Crippen molar-refractivity contribution in [3.63, 3.8) is 0 Å². The Morgan fingerprint density at radius 1 is 1.62 bits per heavy atom. The molecule has 0 spiro atoms. The molecule has 1 aromatic rings. The fourth-order valence-corrected chi connectivity index (χ4v) is 1.10. The number of nitrogens with one attached hydrogen (secondary N) is 1. The average Bonchev–Trinajstić information content (AvgIpc) is 2.31. The summed E-state index contributed by atoms with van der Waals surface area (Å²) >= 11 is 0. The first kappa shape index (κ1) is 12.2. The minimum atomic E-state index is -0.981. The molecule has 4 heteroatoms. The van der Waals surface area contributed by atoms with Gasteiger partial charge in [0.05, 0.1) is 18.0 Å². The summed E-state index contributed by atoms with van der Waals surface area (Å²) in [5.41, 5.74) is 0.521. The lowest BCUT2D eigenvalue weighted by atomic mass is 9.88. The van der Waals surface area contributed by atoms with Crippen LogP contribution in [0.3, 0.4) is 0 Å². The molecular formula is C12H15N3O. The SMILES string of the molecule is CCC(C)(C#N)C(=O)Nc1ccc(C)nc1. The van der Waals surface area contributed by atoms with Gasteiger partial charge in [-0.25, -0.2) is 0 Å². The number of anilines is 1. The van der Waals surface area contributed by atoms with Gasteiger partial charge in [-0.3, -0.25) is 9.78 Å². The highest BCUT2D eigenvalue weighted by molar-refractivity contribution is 5.96. The van der Waals surface area contributed by atoms with Crippen LogP contribution < -0.4 is 5.32 Å². The molecule has 0 aliphatic heterocycles. The van der Waals surface area contributed by atoms with Gasteiger partial charge < -0.3 is 5.32 Å². The molecule has 1 N–H and O–H groups in total. The van der Waals surface area contributed by atoms with E-state index in [4.69, 9.17) is 5.26 Å². The Morgan fingerprint density at radius 2 is 2.31 bits per heavy atom. The quantitative estimate of drug-likeness (QED) is 0.844. The predicted octanol–water partition coefficient (Wildman–Crippen LogP) is 2.27. The lowest BCUT2D eigenvalue weighted by molar-refractivity contribution is -0.122. The second kappa shape index (κ2) is 4.75. The van der Waals surface area contributed by atoms with Gasteiger partial charge in [0, 0.05) is 5.69 Å². The van der Waals surface area contributed by atoms with Gasteiger partial charge in [0.25, 0.3) is 0 Å². The summed E-state index contributed by atoms with van der Waals surface area (Å²) in [6.07, 6.45) is 2.06. The number of nitrogens with zero attached hydrogens (tertiary/aromatic N) is 2. The standard InChI is InChI=1S/C12H15N3O/c1-4-12(3,8-13)11(16)15-10-6-5-9(2)14-7-10/h5-7H,4H2,1-3H3,(H,15,16).